The highest BCUT2D eigenvalue weighted by molar-refractivity contribution is 8.02. The van der Waals surface area contributed by atoms with Crippen LogP contribution in [0.1, 0.15) is 38.3 Å². The number of ether oxygens (including phenoxy) is 1. The molecule has 4 aromatic rings. The SMILES string of the molecule is C=CCN(Cn1nnc2ccccc21)C(=O)C1N([C@H](CO)c2ccccc2)C(=O)[C@@H]2[C@@H](C(=O)N(CC=C)c3ccc(OCC)cc3)[C@@]3(C)CCC12S3. The van der Waals surface area contributed by atoms with E-state index in [1.54, 1.807) is 43.3 Å². The van der Waals surface area contributed by atoms with Crippen LogP contribution in [-0.2, 0) is 21.1 Å². The molecule has 2 bridgehead atoms. The highest BCUT2D eigenvalue weighted by atomic mass is 32.2. The van der Waals surface area contributed by atoms with Crippen molar-refractivity contribution in [1.82, 2.24) is 24.8 Å². The molecule has 52 heavy (non-hydrogen) atoms. The fraction of sp³-hybridized carbons (Fsp3) is 0.375. The summed E-state index contributed by atoms with van der Waals surface area (Å²) in [4.78, 5) is 50.4. The maximum Gasteiger partial charge on any atom is 0.248 e. The normalized spacial score (nSPS) is 25.2. The van der Waals surface area contributed by atoms with Crippen molar-refractivity contribution < 1.29 is 24.2 Å². The van der Waals surface area contributed by atoms with E-state index in [0.29, 0.717) is 42.0 Å². The van der Waals surface area contributed by atoms with E-state index in [0.717, 1.165) is 5.52 Å². The molecule has 3 aromatic carbocycles. The summed E-state index contributed by atoms with van der Waals surface area (Å²) in [6, 6.07) is 22.4. The number of aliphatic hydroxyl groups is 1. The van der Waals surface area contributed by atoms with Gasteiger partial charge in [0.15, 0.2) is 0 Å². The first-order valence-corrected chi connectivity index (χ1v) is 18.5. The van der Waals surface area contributed by atoms with E-state index in [-0.39, 0.29) is 37.5 Å². The van der Waals surface area contributed by atoms with Gasteiger partial charge in [0.25, 0.3) is 0 Å². The van der Waals surface area contributed by atoms with E-state index in [2.05, 4.69) is 30.4 Å². The second kappa shape index (κ2) is 14.2. The van der Waals surface area contributed by atoms with Crippen LogP contribution in [-0.4, -0.2) is 89.5 Å². The minimum absolute atomic E-state index is 0.0783. The van der Waals surface area contributed by atoms with Gasteiger partial charge in [-0.3, -0.25) is 14.4 Å². The lowest BCUT2D eigenvalue weighted by molar-refractivity contribution is -0.146. The van der Waals surface area contributed by atoms with Gasteiger partial charge in [-0.05, 0) is 68.7 Å². The maximum atomic E-state index is 15.3. The monoisotopic (exact) mass is 720 g/mol. The minimum atomic E-state index is -0.972. The highest BCUT2D eigenvalue weighted by Crippen LogP contribution is 2.72. The number of anilines is 1. The van der Waals surface area contributed by atoms with Crippen LogP contribution < -0.4 is 9.64 Å². The van der Waals surface area contributed by atoms with Crippen LogP contribution >= 0.6 is 11.8 Å². The van der Waals surface area contributed by atoms with Crippen molar-refractivity contribution in [2.75, 3.05) is 31.2 Å². The first kappa shape index (κ1) is 35.5. The highest BCUT2D eigenvalue weighted by Gasteiger charge is 2.78. The summed E-state index contributed by atoms with van der Waals surface area (Å²) in [5, 5.41) is 19.6. The van der Waals surface area contributed by atoms with E-state index >= 15 is 9.59 Å². The lowest BCUT2D eigenvalue weighted by atomic mass is 9.66. The van der Waals surface area contributed by atoms with Crippen molar-refractivity contribution in [3.05, 3.63) is 110 Å². The number of rotatable bonds is 14. The van der Waals surface area contributed by atoms with Crippen molar-refractivity contribution >= 4 is 46.2 Å². The smallest absolute Gasteiger partial charge is 0.248 e. The summed E-state index contributed by atoms with van der Waals surface area (Å²) < 4.78 is 5.78. The zero-order chi connectivity index (χ0) is 36.6. The van der Waals surface area contributed by atoms with Crippen LogP contribution in [0.4, 0.5) is 5.69 Å². The summed E-state index contributed by atoms with van der Waals surface area (Å²) in [6.07, 6.45) is 4.54. The van der Waals surface area contributed by atoms with Crippen molar-refractivity contribution in [2.24, 2.45) is 11.8 Å². The number of carbonyl (C=O) groups excluding carboxylic acids is 3. The number of aromatic nitrogens is 3. The molecule has 3 amide bonds. The van der Waals surface area contributed by atoms with E-state index in [4.69, 9.17) is 4.74 Å². The summed E-state index contributed by atoms with van der Waals surface area (Å²) in [7, 11) is 0. The van der Waals surface area contributed by atoms with Gasteiger partial charge in [0.2, 0.25) is 17.7 Å². The topological polar surface area (TPSA) is 121 Å². The predicted octanol–water partition coefficient (Wildman–Crippen LogP) is 5.24. The third-order valence-corrected chi connectivity index (χ3v) is 12.8. The number of carbonyl (C=O) groups is 3. The van der Waals surface area contributed by atoms with E-state index < -0.39 is 40.0 Å². The van der Waals surface area contributed by atoms with Gasteiger partial charge >= 0.3 is 0 Å². The number of amides is 3. The van der Waals surface area contributed by atoms with Crippen LogP contribution in [0.5, 0.6) is 5.75 Å². The van der Waals surface area contributed by atoms with Crippen LogP contribution in [0, 0.1) is 11.8 Å². The number of hydrogen-bond donors (Lipinski definition) is 1. The molecule has 0 aliphatic carbocycles. The van der Waals surface area contributed by atoms with Gasteiger partial charge < -0.3 is 24.5 Å². The molecule has 11 nitrogen and oxygen atoms in total. The molecule has 3 aliphatic rings. The number of nitrogens with zero attached hydrogens (tertiary/aromatic N) is 6. The molecule has 1 N–H and O–H groups in total. The van der Waals surface area contributed by atoms with Gasteiger partial charge in [-0.1, -0.05) is 59.8 Å². The molecular formula is C40H44N6O5S. The molecule has 4 heterocycles. The zero-order valence-electron chi connectivity index (χ0n) is 29.5. The molecule has 1 spiro atoms. The van der Waals surface area contributed by atoms with Gasteiger partial charge in [0, 0.05) is 23.5 Å². The third-order valence-electron chi connectivity index (χ3n) is 10.8. The Labute approximate surface area is 307 Å². The Hall–Kier alpha value is -4.94. The van der Waals surface area contributed by atoms with E-state index in [9.17, 15) is 9.90 Å². The molecule has 3 fully saturated rings. The average molecular weight is 721 g/mol. The van der Waals surface area contributed by atoms with Crippen LogP contribution in [0.2, 0.25) is 0 Å². The van der Waals surface area contributed by atoms with E-state index in [1.165, 1.54) is 0 Å². The van der Waals surface area contributed by atoms with Gasteiger partial charge in [0.1, 0.15) is 24.0 Å². The maximum absolute atomic E-state index is 15.3. The predicted molar refractivity (Wildman–Crippen MR) is 201 cm³/mol. The Morgan fingerprint density at radius 1 is 1.02 bits per heavy atom. The number of likely N-dealkylation sites (tertiary alicyclic amines) is 1. The second-order valence-electron chi connectivity index (χ2n) is 13.8. The second-order valence-corrected chi connectivity index (χ2v) is 15.7. The van der Waals surface area contributed by atoms with E-state index in [1.807, 2.05) is 85.8 Å². The molecule has 3 aliphatic heterocycles. The quantitative estimate of drug-likeness (QED) is 0.176. The van der Waals surface area contributed by atoms with Crippen molar-refractivity contribution in [1.29, 1.82) is 0 Å². The molecule has 1 aromatic heterocycles. The van der Waals surface area contributed by atoms with Crippen LogP contribution in [0.15, 0.2) is 104 Å². The first-order chi connectivity index (χ1) is 25.2. The molecule has 0 saturated carbocycles. The van der Waals surface area contributed by atoms with Gasteiger partial charge in [-0.25, -0.2) is 4.68 Å². The average Bonchev–Trinajstić information content (AvgIpc) is 3.87. The zero-order valence-corrected chi connectivity index (χ0v) is 30.3. The minimum Gasteiger partial charge on any atom is -0.494 e. The molecule has 6 atom stereocenters. The van der Waals surface area contributed by atoms with Crippen LogP contribution in [0.3, 0.4) is 0 Å². The van der Waals surface area contributed by atoms with Gasteiger partial charge in [-0.15, -0.1) is 30.0 Å². The third kappa shape index (κ3) is 5.78. The summed E-state index contributed by atoms with van der Waals surface area (Å²) >= 11 is 1.60. The van der Waals surface area contributed by atoms with Crippen LogP contribution in [0.25, 0.3) is 11.0 Å². The Bertz CT molecular complexity index is 1990. The summed E-state index contributed by atoms with van der Waals surface area (Å²) in [5.41, 5.74) is 2.85. The van der Waals surface area contributed by atoms with Crippen molar-refractivity contribution in [3.8, 4) is 5.75 Å². The number of benzene rings is 3. The molecule has 12 heteroatoms. The summed E-state index contributed by atoms with van der Waals surface area (Å²) in [6.45, 7) is 12.5. The number of aliphatic hydroxyl groups excluding tert-OH is 1. The van der Waals surface area contributed by atoms with Gasteiger partial charge in [-0.2, -0.15) is 0 Å². The van der Waals surface area contributed by atoms with Crippen molar-refractivity contribution in [2.45, 2.75) is 54.9 Å². The fourth-order valence-electron chi connectivity index (χ4n) is 8.62. The largest absolute Gasteiger partial charge is 0.494 e. The molecule has 0 radical (unpaired) electrons. The fourth-order valence-corrected chi connectivity index (χ4v) is 11.0. The standard InChI is InChI=1S/C40H44N6O5S/c1-5-23-43(26-45-31-16-12-11-15-30(31)41-42-45)38(50)35-40-22-21-39(4,52-40)33(34(40)37(49)46(35)32(25-47)27-13-9-8-10-14-27)36(48)44(24-6-2)28-17-19-29(20-18-28)51-7-3/h5-6,8-20,32-35,47H,1-2,7,21-26H2,3-4H3/t32-,33+,34+,35?,39-,40?/m1/s1. The molecule has 7 rings (SSSR count). The number of hydrogen-bond acceptors (Lipinski definition) is 8. The Kier molecular flexibility index (Phi) is 9.71. The number of para-hydroxylation sites is 1. The Morgan fingerprint density at radius 2 is 1.73 bits per heavy atom. The number of fused-ring (bicyclic) bond motifs is 2. The molecule has 270 valence electrons. The van der Waals surface area contributed by atoms with Crippen molar-refractivity contribution in [3.63, 3.8) is 0 Å². The number of thioether (sulfide) groups is 1. The lowest BCUT2D eigenvalue weighted by Gasteiger charge is -2.39. The Morgan fingerprint density at radius 3 is 2.42 bits per heavy atom. The van der Waals surface area contributed by atoms with Gasteiger partial charge in [0.05, 0.1) is 41.4 Å². The Balaban J connectivity index is 1.32. The molecular weight excluding hydrogens is 677 g/mol. The molecule has 3 saturated heterocycles. The molecule has 2 unspecified atom stereocenters. The lowest BCUT2D eigenvalue weighted by Crippen LogP contribution is -2.56. The first-order valence-electron chi connectivity index (χ1n) is 17.7. The summed E-state index contributed by atoms with van der Waals surface area (Å²) in [5.74, 6) is -1.62.